The van der Waals surface area contributed by atoms with Crippen LogP contribution in [0, 0.1) is 5.92 Å². The highest BCUT2D eigenvalue weighted by Crippen LogP contribution is 2.31. The lowest BCUT2D eigenvalue weighted by Crippen LogP contribution is -2.46. The molecule has 1 aliphatic rings. The smallest absolute Gasteiger partial charge is 0.417 e. The highest BCUT2D eigenvalue weighted by molar-refractivity contribution is 6.01. The van der Waals surface area contributed by atoms with E-state index >= 15 is 0 Å². The van der Waals surface area contributed by atoms with Gasteiger partial charge in [0.25, 0.3) is 0 Å². The number of ether oxygens (including phenoxy) is 2. The summed E-state index contributed by atoms with van der Waals surface area (Å²) in [5, 5.41) is 13.6. The Morgan fingerprint density at radius 2 is 1.51 bits per heavy atom. The molecule has 0 spiro atoms. The van der Waals surface area contributed by atoms with Crippen LogP contribution in [-0.2, 0) is 44.7 Å². The molecule has 0 saturated carbocycles. The Labute approximate surface area is 296 Å². The normalized spacial score (nSPS) is 15.8. The zero-order valence-electron chi connectivity index (χ0n) is 29.4. The van der Waals surface area contributed by atoms with Crippen LogP contribution in [0.1, 0.15) is 71.8 Å². The van der Waals surface area contributed by atoms with Crippen LogP contribution in [-0.4, -0.2) is 77.6 Å². The van der Waals surface area contributed by atoms with Crippen molar-refractivity contribution in [3.8, 4) is 0 Å². The zero-order chi connectivity index (χ0) is 37.6. The summed E-state index contributed by atoms with van der Waals surface area (Å²) < 4.78 is 10.4. The van der Waals surface area contributed by atoms with E-state index in [1.165, 1.54) is 0 Å². The molecule has 1 saturated heterocycles. The summed E-state index contributed by atoms with van der Waals surface area (Å²) >= 11 is 0. The number of anilines is 1. The van der Waals surface area contributed by atoms with Crippen LogP contribution in [0.4, 0.5) is 21.9 Å². The average molecular weight is 707 g/mol. The van der Waals surface area contributed by atoms with E-state index in [4.69, 9.17) is 15.2 Å². The molecule has 2 aromatic rings. The van der Waals surface area contributed by atoms with Gasteiger partial charge in [0, 0.05) is 37.3 Å². The maximum absolute atomic E-state index is 13.0. The van der Waals surface area contributed by atoms with Gasteiger partial charge in [-0.3, -0.25) is 24.0 Å². The van der Waals surface area contributed by atoms with Gasteiger partial charge in [0.2, 0.25) is 17.7 Å². The Morgan fingerprint density at radius 3 is 2.10 bits per heavy atom. The molecule has 274 valence electrons. The summed E-state index contributed by atoms with van der Waals surface area (Å²) in [6.07, 6.45) is -0.212. The van der Waals surface area contributed by atoms with E-state index in [9.17, 15) is 33.6 Å². The van der Waals surface area contributed by atoms with Crippen molar-refractivity contribution in [2.75, 3.05) is 25.0 Å². The summed E-state index contributed by atoms with van der Waals surface area (Å²) in [7, 11) is 0. The second kappa shape index (κ2) is 19.2. The van der Waals surface area contributed by atoms with Crippen molar-refractivity contribution in [3.63, 3.8) is 0 Å². The first-order chi connectivity index (χ1) is 24.2. The lowest BCUT2D eigenvalue weighted by molar-refractivity contribution is -0.151. The molecule has 1 heterocycles. The SMILES string of the molecule is CCOC(=O)[C@@H]1CC(CCCC(=O)NCC(=O)CCC(=O)Nc2ccc(N=Nc3ccc(CC(=O)CN)cc3)cc2)C(=O)N1C(=O)OC(C)(C)C. The fourth-order valence-corrected chi connectivity index (χ4v) is 5.10. The molecular formula is C36H46N6O9. The Hall–Kier alpha value is -5.31. The summed E-state index contributed by atoms with van der Waals surface area (Å²) in [6.45, 7) is 6.41. The molecule has 1 fully saturated rings. The molecule has 1 unspecified atom stereocenters. The number of likely N-dealkylation sites (tertiary alicyclic amines) is 1. The minimum absolute atomic E-state index is 0.00456. The molecular weight excluding hydrogens is 660 g/mol. The third-order valence-corrected chi connectivity index (χ3v) is 7.62. The number of nitrogens with two attached hydrogens (primary N) is 1. The number of rotatable bonds is 17. The van der Waals surface area contributed by atoms with Crippen molar-refractivity contribution in [2.45, 2.75) is 84.3 Å². The first-order valence-corrected chi connectivity index (χ1v) is 16.8. The van der Waals surface area contributed by atoms with Gasteiger partial charge in [-0.05, 0) is 88.9 Å². The van der Waals surface area contributed by atoms with E-state index in [0.717, 1.165) is 10.5 Å². The fourth-order valence-electron chi connectivity index (χ4n) is 5.10. The van der Waals surface area contributed by atoms with E-state index in [0.29, 0.717) is 17.1 Å². The van der Waals surface area contributed by atoms with Crippen molar-refractivity contribution < 1.29 is 43.0 Å². The number of carbonyl (C=O) groups is 7. The third kappa shape index (κ3) is 13.5. The lowest BCUT2D eigenvalue weighted by Gasteiger charge is -2.26. The zero-order valence-corrected chi connectivity index (χ0v) is 29.4. The number of esters is 1. The molecule has 4 N–H and O–H groups in total. The van der Waals surface area contributed by atoms with Crippen molar-refractivity contribution >= 4 is 58.4 Å². The summed E-state index contributed by atoms with van der Waals surface area (Å²) in [6, 6.07) is 12.6. The summed E-state index contributed by atoms with van der Waals surface area (Å²) in [5.41, 5.74) is 6.99. The molecule has 15 nitrogen and oxygen atoms in total. The Bertz CT molecular complexity index is 1600. The van der Waals surface area contributed by atoms with Gasteiger partial charge in [-0.15, -0.1) is 0 Å². The molecule has 0 aliphatic carbocycles. The number of Topliss-reactive ketones (excluding diaryl/α,β-unsaturated/α-hetero) is 2. The number of nitrogens with one attached hydrogen (secondary N) is 2. The highest BCUT2D eigenvalue weighted by Gasteiger charge is 2.48. The van der Waals surface area contributed by atoms with Crippen LogP contribution >= 0.6 is 0 Å². The molecule has 2 aromatic carbocycles. The van der Waals surface area contributed by atoms with Gasteiger partial charge in [-0.25, -0.2) is 14.5 Å². The minimum Gasteiger partial charge on any atom is -0.464 e. The molecule has 4 amide bonds. The van der Waals surface area contributed by atoms with Crippen molar-refractivity contribution in [1.82, 2.24) is 10.2 Å². The Morgan fingerprint density at radius 1 is 0.882 bits per heavy atom. The van der Waals surface area contributed by atoms with Gasteiger partial charge < -0.3 is 25.8 Å². The van der Waals surface area contributed by atoms with Crippen LogP contribution in [0.15, 0.2) is 58.8 Å². The van der Waals surface area contributed by atoms with Crippen LogP contribution in [0.3, 0.4) is 0 Å². The molecule has 3 rings (SSSR count). The Balaban J connectivity index is 1.36. The van der Waals surface area contributed by atoms with Gasteiger partial charge in [0.1, 0.15) is 11.6 Å². The number of nitrogens with zero attached hydrogens (tertiary/aromatic N) is 3. The highest BCUT2D eigenvalue weighted by atomic mass is 16.6. The maximum Gasteiger partial charge on any atom is 0.417 e. The fraction of sp³-hybridized carbons (Fsp3) is 0.472. The Kier molecular flexibility index (Phi) is 15.1. The van der Waals surface area contributed by atoms with E-state index in [1.807, 2.05) is 0 Å². The molecule has 2 atom stereocenters. The largest absolute Gasteiger partial charge is 0.464 e. The lowest BCUT2D eigenvalue weighted by atomic mass is 9.98. The number of ketones is 2. The number of amides is 4. The standard InChI is InChI=1S/C36H46N6O9/c1-5-50-34(48)30-20-24(33(47)42(30)35(49)51-36(2,3)4)7-6-8-31(45)38-22-28(43)17-18-32(46)39-25-13-15-27(16-14-25)41-40-26-11-9-23(10-12-26)19-29(44)21-37/h9-16,24,30H,5-8,17-22,37H2,1-4H3,(H,38,45)(H,39,46)/t24?,30-/m0/s1. The minimum atomic E-state index is -1.10. The number of hydrogen-bond donors (Lipinski definition) is 3. The van der Waals surface area contributed by atoms with Crippen molar-refractivity contribution in [1.29, 1.82) is 0 Å². The first-order valence-electron chi connectivity index (χ1n) is 16.8. The first kappa shape index (κ1) is 40.1. The van der Waals surface area contributed by atoms with E-state index in [-0.39, 0.29) is 82.1 Å². The number of benzene rings is 2. The van der Waals surface area contributed by atoms with Crippen molar-refractivity contribution in [2.24, 2.45) is 21.9 Å². The van der Waals surface area contributed by atoms with E-state index in [2.05, 4.69) is 20.9 Å². The molecule has 51 heavy (non-hydrogen) atoms. The second-order valence-corrected chi connectivity index (χ2v) is 13.0. The monoisotopic (exact) mass is 706 g/mol. The average Bonchev–Trinajstić information content (AvgIpc) is 3.42. The van der Waals surface area contributed by atoms with Crippen LogP contribution in [0.5, 0.6) is 0 Å². The maximum atomic E-state index is 13.0. The van der Waals surface area contributed by atoms with Gasteiger partial charge in [-0.2, -0.15) is 10.2 Å². The quantitative estimate of drug-likeness (QED) is 0.155. The van der Waals surface area contributed by atoms with Gasteiger partial charge in [-0.1, -0.05) is 12.1 Å². The summed E-state index contributed by atoms with van der Waals surface area (Å²) in [4.78, 5) is 87.6. The molecule has 1 aliphatic heterocycles. The predicted octanol–water partition coefficient (Wildman–Crippen LogP) is 4.46. The van der Waals surface area contributed by atoms with Gasteiger partial charge >= 0.3 is 12.1 Å². The van der Waals surface area contributed by atoms with Gasteiger partial charge in [0.05, 0.1) is 31.1 Å². The van der Waals surface area contributed by atoms with E-state index in [1.54, 1.807) is 76.2 Å². The van der Waals surface area contributed by atoms with Gasteiger partial charge in [0.15, 0.2) is 11.6 Å². The number of imide groups is 1. The second-order valence-electron chi connectivity index (χ2n) is 13.0. The summed E-state index contributed by atoms with van der Waals surface area (Å²) in [5.74, 6) is -3.09. The third-order valence-electron chi connectivity index (χ3n) is 7.62. The van der Waals surface area contributed by atoms with Crippen molar-refractivity contribution in [3.05, 3.63) is 54.1 Å². The number of carbonyl (C=O) groups excluding carboxylic acids is 7. The number of azo groups is 1. The molecule has 0 bridgehead atoms. The van der Waals surface area contributed by atoms with E-state index < -0.39 is 41.4 Å². The molecule has 0 radical (unpaired) electrons. The van der Waals surface area contributed by atoms with Crippen LogP contribution in [0.25, 0.3) is 0 Å². The van der Waals surface area contributed by atoms with Crippen LogP contribution < -0.4 is 16.4 Å². The van der Waals surface area contributed by atoms with Crippen LogP contribution in [0.2, 0.25) is 0 Å². The topological polar surface area (TPSA) is 216 Å². The number of hydrogen-bond acceptors (Lipinski definition) is 12. The predicted molar refractivity (Wildman–Crippen MR) is 186 cm³/mol. The molecule has 0 aromatic heterocycles. The molecule has 15 heteroatoms.